The standard InChI is InChI=1S/C55H33N/c1-4-38-17-19-42-21-26-46(49-29-23-40(6-1)52(38)54(42)49)35-11-9-34(10-12-35)44-25-28-48(51(32-44)45-8-3-31-56-33-45)37-15-13-36(14-16-37)47-27-22-43-20-18-39-5-2-7-41-24-30-50(47)55(43)53(39)41/h1-33H. The van der Waals surface area contributed by atoms with E-state index >= 15 is 0 Å². The van der Waals surface area contributed by atoms with Crippen LogP contribution in [0.15, 0.2) is 200 Å². The van der Waals surface area contributed by atoms with Crippen molar-refractivity contribution in [3.63, 3.8) is 0 Å². The molecule has 0 fully saturated rings. The molecular formula is C55H33N. The number of rotatable bonds is 5. The summed E-state index contributed by atoms with van der Waals surface area (Å²) in [6, 6.07) is 69.6. The summed E-state index contributed by atoms with van der Waals surface area (Å²) in [6.45, 7) is 0. The Kier molecular flexibility index (Phi) is 6.70. The topological polar surface area (TPSA) is 12.9 Å². The van der Waals surface area contributed by atoms with Gasteiger partial charge in [0.05, 0.1) is 0 Å². The Bertz CT molecular complexity index is 3400. The fourth-order valence-corrected chi connectivity index (χ4v) is 9.38. The van der Waals surface area contributed by atoms with Gasteiger partial charge in [0.1, 0.15) is 0 Å². The number of aromatic nitrogens is 1. The van der Waals surface area contributed by atoms with E-state index in [9.17, 15) is 0 Å². The molecule has 0 saturated heterocycles. The van der Waals surface area contributed by atoms with Gasteiger partial charge in [-0.15, -0.1) is 0 Å². The van der Waals surface area contributed by atoms with Gasteiger partial charge < -0.3 is 0 Å². The molecule has 0 radical (unpaired) electrons. The van der Waals surface area contributed by atoms with Crippen LogP contribution in [0.2, 0.25) is 0 Å². The number of hydrogen-bond donors (Lipinski definition) is 0. The van der Waals surface area contributed by atoms with E-state index < -0.39 is 0 Å². The van der Waals surface area contributed by atoms with E-state index in [1.165, 1.54) is 115 Å². The molecule has 12 rings (SSSR count). The van der Waals surface area contributed by atoms with Gasteiger partial charge in [0.2, 0.25) is 0 Å². The smallest absolute Gasteiger partial charge is 0.0346 e. The molecule has 1 heteroatoms. The average molecular weight is 708 g/mol. The van der Waals surface area contributed by atoms with Crippen molar-refractivity contribution in [2.45, 2.75) is 0 Å². The molecule has 0 N–H and O–H groups in total. The fraction of sp³-hybridized carbons (Fsp3) is 0. The Balaban J connectivity index is 0.921. The first-order chi connectivity index (χ1) is 27.7. The van der Waals surface area contributed by atoms with Crippen LogP contribution in [0, 0.1) is 0 Å². The van der Waals surface area contributed by atoms with Gasteiger partial charge in [-0.05, 0) is 127 Å². The summed E-state index contributed by atoms with van der Waals surface area (Å²) < 4.78 is 0. The monoisotopic (exact) mass is 707 g/mol. The van der Waals surface area contributed by atoms with E-state index in [1.54, 1.807) is 0 Å². The lowest BCUT2D eigenvalue weighted by Crippen LogP contribution is -1.90. The number of benzene rings is 11. The van der Waals surface area contributed by atoms with Crippen LogP contribution in [-0.4, -0.2) is 4.98 Å². The van der Waals surface area contributed by atoms with Crippen LogP contribution in [-0.2, 0) is 0 Å². The molecule has 0 aliphatic carbocycles. The van der Waals surface area contributed by atoms with Crippen LogP contribution in [0.3, 0.4) is 0 Å². The van der Waals surface area contributed by atoms with Gasteiger partial charge in [-0.1, -0.05) is 176 Å². The molecule has 56 heavy (non-hydrogen) atoms. The lowest BCUT2D eigenvalue weighted by atomic mass is 9.88. The maximum atomic E-state index is 4.52. The average Bonchev–Trinajstić information content (AvgIpc) is 3.27. The van der Waals surface area contributed by atoms with Crippen molar-refractivity contribution in [1.82, 2.24) is 4.98 Å². The van der Waals surface area contributed by atoms with E-state index in [4.69, 9.17) is 0 Å². The summed E-state index contributed by atoms with van der Waals surface area (Å²) in [4.78, 5) is 4.52. The highest BCUT2D eigenvalue weighted by Crippen LogP contribution is 2.43. The largest absolute Gasteiger partial charge is 0.264 e. The van der Waals surface area contributed by atoms with Crippen molar-refractivity contribution in [2.75, 3.05) is 0 Å². The maximum Gasteiger partial charge on any atom is 0.0346 e. The molecule has 1 nitrogen and oxygen atoms in total. The van der Waals surface area contributed by atoms with Crippen LogP contribution >= 0.6 is 0 Å². The van der Waals surface area contributed by atoms with Gasteiger partial charge in [-0.3, -0.25) is 4.98 Å². The van der Waals surface area contributed by atoms with Gasteiger partial charge in [0, 0.05) is 18.0 Å². The van der Waals surface area contributed by atoms with Crippen molar-refractivity contribution in [2.24, 2.45) is 0 Å². The molecule has 11 aromatic carbocycles. The highest BCUT2D eigenvalue weighted by molar-refractivity contribution is 6.26. The molecule has 1 aromatic heterocycles. The highest BCUT2D eigenvalue weighted by Gasteiger charge is 2.16. The van der Waals surface area contributed by atoms with Gasteiger partial charge >= 0.3 is 0 Å². The minimum absolute atomic E-state index is 1.10. The van der Waals surface area contributed by atoms with E-state index in [0.717, 1.165) is 5.56 Å². The first-order valence-electron chi connectivity index (χ1n) is 19.3. The normalized spacial score (nSPS) is 11.9. The molecule has 0 unspecified atom stereocenters. The third-order valence-electron chi connectivity index (χ3n) is 12.1. The summed E-state index contributed by atoms with van der Waals surface area (Å²) in [5.41, 5.74) is 12.0. The Hall–Kier alpha value is -7.35. The third kappa shape index (κ3) is 4.71. The molecule has 12 aromatic rings. The predicted molar refractivity (Wildman–Crippen MR) is 239 cm³/mol. The maximum absolute atomic E-state index is 4.52. The Morgan fingerprint density at radius 1 is 0.250 bits per heavy atom. The van der Waals surface area contributed by atoms with Crippen LogP contribution in [0.1, 0.15) is 0 Å². The van der Waals surface area contributed by atoms with E-state index in [0.29, 0.717) is 0 Å². The Labute approximate surface area is 324 Å². The lowest BCUT2D eigenvalue weighted by Gasteiger charge is -2.16. The van der Waals surface area contributed by atoms with Crippen LogP contribution in [0.5, 0.6) is 0 Å². The molecule has 1 heterocycles. The van der Waals surface area contributed by atoms with Gasteiger partial charge in [0.15, 0.2) is 0 Å². The first kappa shape index (κ1) is 31.0. The van der Waals surface area contributed by atoms with Crippen molar-refractivity contribution < 1.29 is 0 Å². The van der Waals surface area contributed by atoms with E-state index in [-0.39, 0.29) is 0 Å². The predicted octanol–water partition coefficient (Wildman–Crippen LogP) is 15.2. The van der Waals surface area contributed by atoms with Crippen molar-refractivity contribution in [3.05, 3.63) is 200 Å². The molecule has 0 amide bonds. The fourth-order valence-electron chi connectivity index (χ4n) is 9.38. The minimum atomic E-state index is 1.10. The summed E-state index contributed by atoms with van der Waals surface area (Å²) in [6.07, 6.45) is 3.81. The highest BCUT2D eigenvalue weighted by atomic mass is 14.6. The quantitative estimate of drug-likeness (QED) is 0.162. The van der Waals surface area contributed by atoms with Crippen molar-refractivity contribution in [3.8, 4) is 55.6 Å². The molecule has 0 aliphatic rings. The molecule has 0 spiro atoms. The SMILES string of the molecule is c1cncc(-c2cc(-c3ccc(-c4ccc5ccc6cccc7ccc4c5c67)cc3)ccc2-c2ccc(-c3ccc4ccc5cccc6ccc3c4c56)cc2)c1. The second-order valence-electron chi connectivity index (χ2n) is 15.1. The number of hydrogen-bond acceptors (Lipinski definition) is 1. The van der Waals surface area contributed by atoms with Crippen molar-refractivity contribution in [1.29, 1.82) is 0 Å². The molecule has 0 aliphatic heterocycles. The molecule has 258 valence electrons. The summed E-state index contributed by atoms with van der Waals surface area (Å²) in [7, 11) is 0. The number of pyridine rings is 1. The van der Waals surface area contributed by atoms with Crippen LogP contribution < -0.4 is 0 Å². The zero-order valence-corrected chi connectivity index (χ0v) is 30.5. The minimum Gasteiger partial charge on any atom is -0.264 e. The summed E-state index contributed by atoms with van der Waals surface area (Å²) in [5, 5.41) is 15.7. The Morgan fingerprint density at radius 3 is 1.16 bits per heavy atom. The Morgan fingerprint density at radius 2 is 0.661 bits per heavy atom. The van der Waals surface area contributed by atoms with Crippen LogP contribution in [0.25, 0.3) is 120 Å². The summed E-state index contributed by atoms with van der Waals surface area (Å²) >= 11 is 0. The third-order valence-corrected chi connectivity index (χ3v) is 12.1. The lowest BCUT2D eigenvalue weighted by molar-refractivity contribution is 1.33. The van der Waals surface area contributed by atoms with Crippen LogP contribution in [0.4, 0.5) is 0 Å². The molecule has 0 bridgehead atoms. The van der Waals surface area contributed by atoms with Gasteiger partial charge in [-0.25, -0.2) is 0 Å². The second-order valence-corrected chi connectivity index (χ2v) is 15.1. The first-order valence-corrected chi connectivity index (χ1v) is 19.3. The van der Waals surface area contributed by atoms with Crippen molar-refractivity contribution >= 4 is 64.6 Å². The molecular weight excluding hydrogens is 675 g/mol. The summed E-state index contributed by atoms with van der Waals surface area (Å²) in [5.74, 6) is 0. The van der Waals surface area contributed by atoms with E-state index in [1.807, 2.05) is 18.5 Å². The van der Waals surface area contributed by atoms with Gasteiger partial charge in [0.25, 0.3) is 0 Å². The molecule has 0 saturated carbocycles. The zero-order valence-electron chi connectivity index (χ0n) is 30.5. The van der Waals surface area contributed by atoms with E-state index in [2.05, 4.69) is 187 Å². The number of nitrogens with zero attached hydrogens (tertiary/aromatic N) is 1. The zero-order chi connectivity index (χ0) is 36.7. The second kappa shape index (κ2) is 12.1. The molecule has 0 atom stereocenters. The van der Waals surface area contributed by atoms with Gasteiger partial charge in [-0.2, -0.15) is 0 Å².